The maximum Gasteiger partial charge on any atom is 0.311 e. The van der Waals surface area contributed by atoms with Crippen molar-refractivity contribution in [3.8, 4) is 5.75 Å². The Morgan fingerprint density at radius 1 is 1.19 bits per heavy atom. The lowest BCUT2D eigenvalue weighted by molar-refractivity contribution is -0.139. The van der Waals surface area contributed by atoms with Crippen LogP contribution in [0.3, 0.4) is 0 Å². The van der Waals surface area contributed by atoms with Crippen molar-refractivity contribution in [3.63, 3.8) is 0 Å². The Labute approximate surface area is 95.7 Å². The van der Waals surface area contributed by atoms with E-state index in [1.165, 1.54) is 0 Å². The molecule has 0 aliphatic heterocycles. The Morgan fingerprint density at radius 3 is 1.94 bits per heavy atom. The molecule has 0 bridgehead atoms. The summed E-state index contributed by atoms with van der Waals surface area (Å²) in [6, 6.07) is 3.50. The molecule has 0 heterocycles. The number of benzene rings is 1. The van der Waals surface area contributed by atoms with Crippen molar-refractivity contribution in [1.82, 2.24) is 0 Å². The first-order valence-corrected chi connectivity index (χ1v) is 5.37. The maximum atomic E-state index is 11.2. The van der Waals surface area contributed by atoms with Crippen LogP contribution in [0.1, 0.15) is 36.5 Å². The van der Waals surface area contributed by atoms with Gasteiger partial charge in [0.25, 0.3) is 0 Å². The summed E-state index contributed by atoms with van der Waals surface area (Å²) in [7, 11) is 0. The Hall–Kier alpha value is -1.51. The number of carboxylic acids is 1. The van der Waals surface area contributed by atoms with E-state index in [1.807, 2.05) is 13.8 Å². The van der Waals surface area contributed by atoms with Crippen LogP contribution in [0.4, 0.5) is 0 Å². The third-order valence-electron chi connectivity index (χ3n) is 2.81. The van der Waals surface area contributed by atoms with Gasteiger partial charge in [0, 0.05) is 0 Å². The topological polar surface area (TPSA) is 57.5 Å². The monoisotopic (exact) mass is 222 g/mol. The maximum absolute atomic E-state index is 11.2. The molecular weight excluding hydrogens is 204 g/mol. The van der Waals surface area contributed by atoms with Crippen molar-refractivity contribution in [2.75, 3.05) is 0 Å². The van der Waals surface area contributed by atoms with Gasteiger partial charge in [-0.1, -0.05) is 26.0 Å². The van der Waals surface area contributed by atoms with E-state index in [1.54, 1.807) is 26.0 Å². The first-order valence-electron chi connectivity index (χ1n) is 5.37. The largest absolute Gasteiger partial charge is 0.507 e. The molecule has 1 atom stereocenters. The summed E-state index contributed by atoms with van der Waals surface area (Å²) in [4.78, 5) is 11.2. The smallest absolute Gasteiger partial charge is 0.311 e. The Bertz CT molecular complexity index is 385. The van der Waals surface area contributed by atoms with Gasteiger partial charge in [-0.05, 0) is 36.5 Å². The number of aromatic hydroxyl groups is 1. The van der Waals surface area contributed by atoms with Gasteiger partial charge in [0.2, 0.25) is 0 Å². The standard InChI is InChI=1S/C13H18O3/c1-7(2)11(13(15)16)10-5-8(3)12(14)9(4)6-10/h5-7,11,14H,1-4H3,(H,15,16). The molecule has 0 aromatic heterocycles. The minimum absolute atomic E-state index is 0.0286. The second-order valence-corrected chi connectivity index (χ2v) is 4.56. The molecular formula is C13H18O3. The normalized spacial score (nSPS) is 12.8. The number of carboxylic acid groups (broad SMARTS) is 1. The Kier molecular flexibility index (Phi) is 3.58. The fourth-order valence-corrected chi connectivity index (χ4v) is 1.98. The number of phenolic OH excluding ortho intramolecular Hbond substituents is 1. The van der Waals surface area contributed by atoms with Crippen LogP contribution in [0.2, 0.25) is 0 Å². The number of rotatable bonds is 3. The van der Waals surface area contributed by atoms with Gasteiger partial charge < -0.3 is 10.2 Å². The zero-order valence-electron chi connectivity index (χ0n) is 10.1. The molecule has 0 saturated heterocycles. The van der Waals surface area contributed by atoms with E-state index >= 15 is 0 Å². The highest BCUT2D eigenvalue weighted by molar-refractivity contribution is 5.76. The zero-order valence-corrected chi connectivity index (χ0v) is 10.1. The predicted molar refractivity (Wildman–Crippen MR) is 62.8 cm³/mol. The van der Waals surface area contributed by atoms with Gasteiger partial charge in [0.15, 0.2) is 0 Å². The van der Waals surface area contributed by atoms with Gasteiger partial charge in [0.1, 0.15) is 5.75 Å². The molecule has 3 nitrogen and oxygen atoms in total. The van der Waals surface area contributed by atoms with Crippen molar-refractivity contribution >= 4 is 5.97 Å². The lowest BCUT2D eigenvalue weighted by Crippen LogP contribution is -2.17. The minimum Gasteiger partial charge on any atom is -0.507 e. The second-order valence-electron chi connectivity index (χ2n) is 4.56. The van der Waals surface area contributed by atoms with Gasteiger partial charge in [-0.15, -0.1) is 0 Å². The lowest BCUT2D eigenvalue weighted by Gasteiger charge is -2.18. The van der Waals surface area contributed by atoms with E-state index < -0.39 is 11.9 Å². The molecule has 0 aliphatic carbocycles. The van der Waals surface area contributed by atoms with Crippen molar-refractivity contribution in [1.29, 1.82) is 0 Å². The van der Waals surface area contributed by atoms with Crippen molar-refractivity contribution in [3.05, 3.63) is 28.8 Å². The molecule has 88 valence electrons. The second kappa shape index (κ2) is 4.56. The highest BCUT2D eigenvalue weighted by atomic mass is 16.4. The van der Waals surface area contributed by atoms with E-state index in [0.717, 1.165) is 16.7 Å². The first-order chi connectivity index (χ1) is 7.34. The summed E-state index contributed by atoms with van der Waals surface area (Å²) in [6.45, 7) is 7.34. The van der Waals surface area contributed by atoms with Crippen molar-refractivity contribution in [2.45, 2.75) is 33.6 Å². The Balaban J connectivity index is 3.26. The summed E-state index contributed by atoms with van der Waals surface area (Å²) in [5, 5.41) is 18.8. The number of hydrogen-bond donors (Lipinski definition) is 2. The van der Waals surface area contributed by atoms with E-state index in [9.17, 15) is 15.0 Å². The quantitative estimate of drug-likeness (QED) is 0.826. The van der Waals surface area contributed by atoms with Crippen molar-refractivity contribution in [2.24, 2.45) is 5.92 Å². The summed E-state index contributed by atoms with van der Waals surface area (Å²) < 4.78 is 0. The van der Waals surface area contributed by atoms with Crippen LogP contribution in [0.15, 0.2) is 12.1 Å². The molecule has 0 aliphatic rings. The fraction of sp³-hybridized carbons (Fsp3) is 0.462. The van der Waals surface area contributed by atoms with E-state index in [-0.39, 0.29) is 11.7 Å². The molecule has 0 fully saturated rings. The zero-order chi connectivity index (χ0) is 12.5. The number of aliphatic carboxylic acids is 1. The summed E-state index contributed by atoms with van der Waals surface area (Å²) in [5.74, 6) is -1.06. The minimum atomic E-state index is -0.820. The highest BCUT2D eigenvalue weighted by Gasteiger charge is 2.24. The average Bonchev–Trinajstić information content (AvgIpc) is 2.12. The third kappa shape index (κ3) is 2.35. The van der Waals surface area contributed by atoms with Crippen LogP contribution in [0, 0.1) is 19.8 Å². The molecule has 0 spiro atoms. The highest BCUT2D eigenvalue weighted by Crippen LogP contribution is 2.30. The van der Waals surface area contributed by atoms with E-state index in [0.29, 0.717) is 0 Å². The molecule has 0 radical (unpaired) electrons. The third-order valence-corrected chi connectivity index (χ3v) is 2.81. The van der Waals surface area contributed by atoms with Crippen LogP contribution in [0.25, 0.3) is 0 Å². The summed E-state index contributed by atoms with van der Waals surface area (Å²) in [6.07, 6.45) is 0. The van der Waals surface area contributed by atoms with Gasteiger partial charge in [-0.3, -0.25) is 4.79 Å². The Morgan fingerprint density at radius 2 is 1.62 bits per heavy atom. The van der Waals surface area contributed by atoms with E-state index in [4.69, 9.17) is 0 Å². The van der Waals surface area contributed by atoms with E-state index in [2.05, 4.69) is 0 Å². The molecule has 1 rings (SSSR count). The number of hydrogen-bond acceptors (Lipinski definition) is 2. The molecule has 3 heteroatoms. The van der Waals surface area contributed by atoms with Crippen LogP contribution in [-0.2, 0) is 4.79 Å². The summed E-state index contributed by atoms with van der Waals surface area (Å²) >= 11 is 0. The molecule has 0 amide bonds. The fourth-order valence-electron chi connectivity index (χ4n) is 1.98. The van der Waals surface area contributed by atoms with Gasteiger partial charge in [-0.2, -0.15) is 0 Å². The van der Waals surface area contributed by atoms with Crippen molar-refractivity contribution < 1.29 is 15.0 Å². The summed E-state index contributed by atoms with van der Waals surface area (Å²) in [5.41, 5.74) is 2.21. The lowest BCUT2D eigenvalue weighted by atomic mass is 9.86. The number of carbonyl (C=O) groups is 1. The van der Waals surface area contributed by atoms with Crippen LogP contribution in [0.5, 0.6) is 5.75 Å². The molecule has 1 aromatic carbocycles. The average molecular weight is 222 g/mol. The van der Waals surface area contributed by atoms with Crippen LogP contribution < -0.4 is 0 Å². The first kappa shape index (κ1) is 12.6. The number of aryl methyl sites for hydroxylation is 2. The van der Waals surface area contributed by atoms with Gasteiger partial charge >= 0.3 is 5.97 Å². The molecule has 1 aromatic rings. The van der Waals surface area contributed by atoms with Crippen LogP contribution >= 0.6 is 0 Å². The van der Waals surface area contributed by atoms with Gasteiger partial charge in [0.05, 0.1) is 5.92 Å². The number of phenols is 1. The van der Waals surface area contributed by atoms with Gasteiger partial charge in [-0.25, -0.2) is 0 Å². The molecule has 1 unspecified atom stereocenters. The SMILES string of the molecule is Cc1cc(C(C(=O)O)C(C)C)cc(C)c1O. The molecule has 16 heavy (non-hydrogen) atoms. The molecule has 0 saturated carbocycles. The van der Waals surface area contributed by atoms with Crippen LogP contribution in [-0.4, -0.2) is 16.2 Å². The molecule has 2 N–H and O–H groups in total. The predicted octanol–water partition coefficient (Wildman–Crippen LogP) is 2.83.